The first kappa shape index (κ1) is 15.2. The lowest BCUT2D eigenvalue weighted by molar-refractivity contribution is 0.628. The molecule has 0 atom stereocenters. The number of anilines is 1. The maximum atomic E-state index is 4.74. The monoisotopic (exact) mass is 382 g/mol. The molecule has 1 N–H and O–H groups in total. The van der Waals surface area contributed by atoms with Crippen LogP contribution < -0.4 is 5.32 Å². The number of aromatic nitrogens is 3. The largest absolute Gasteiger partial charge is 0.372 e. The second-order valence-electron chi connectivity index (χ2n) is 5.13. The van der Waals surface area contributed by atoms with Crippen LogP contribution in [0, 0.1) is 9.49 Å². The molecule has 0 aromatic carbocycles. The van der Waals surface area contributed by atoms with Crippen molar-refractivity contribution in [2.24, 2.45) is 5.92 Å². The highest BCUT2D eigenvalue weighted by Gasteiger charge is 2.13. The Hall–Kier alpha value is -1.24. The number of nitrogens with zero attached hydrogens (tertiary/aromatic N) is 3. The zero-order valence-electron chi connectivity index (χ0n) is 12.0. The van der Waals surface area contributed by atoms with Gasteiger partial charge in [-0.2, -0.15) is 0 Å². The lowest BCUT2D eigenvalue weighted by Gasteiger charge is -2.12. The van der Waals surface area contributed by atoms with Crippen molar-refractivity contribution >= 4 is 28.4 Å². The van der Waals surface area contributed by atoms with E-state index >= 15 is 0 Å². The van der Waals surface area contributed by atoms with Crippen LogP contribution in [0.4, 0.5) is 5.82 Å². The number of nitrogens with one attached hydrogen (secondary N) is 1. The van der Waals surface area contributed by atoms with Crippen molar-refractivity contribution in [3.05, 3.63) is 45.2 Å². The zero-order chi connectivity index (χ0) is 14.5. The normalized spacial score (nSPS) is 10.8. The molecule has 2 aromatic heterocycles. The van der Waals surface area contributed by atoms with Crippen LogP contribution in [0.25, 0.3) is 0 Å². The van der Waals surface area contributed by atoms with E-state index in [1.54, 1.807) is 12.4 Å². The van der Waals surface area contributed by atoms with Crippen LogP contribution in [0.1, 0.15) is 30.9 Å². The van der Waals surface area contributed by atoms with Crippen LogP contribution in [-0.2, 0) is 12.8 Å². The minimum atomic E-state index is 0.580. The van der Waals surface area contributed by atoms with Crippen LogP contribution in [0.5, 0.6) is 0 Å². The molecule has 2 rings (SSSR count). The van der Waals surface area contributed by atoms with Gasteiger partial charge in [0.2, 0.25) is 0 Å². The second-order valence-corrected chi connectivity index (χ2v) is 6.21. The number of pyridine rings is 1. The minimum Gasteiger partial charge on any atom is -0.372 e. The molecule has 0 unspecified atom stereocenters. The van der Waals surface area contributed by atoms with Crippen molar-refractivity contribution in [3.8, 4) is 0 Å². The molecule has 5 heteroatoms. The maximum Gasteiger partial charge on any atom is 0.143 e. The number of rotatable bonds is 5. The molecule has 2 heterocycles. The Morgan fingerprint density at radius 1 is 1.20 bits per heavy atom. The molecule has 4 nitrogen and oxygen atoms in total. The first-order valence-electron chi connectivity index (χ1n) is 6.72. The van der Waals surface area contributed by atoms with E-state index in [0.717, 1.165) is 33.7 Å². The number of halogens is 1. The van der Waals surface area contributed by atoms with Gasteiger partial charge >= 0.3 is 0 Å². The quantitative estimate of drug-likeness (QED) is 0.807. The van der Waals surface area contributed by atoms with Crippen LogP contribution in [0.2, 0.25) is 0 Å². The highest BCUT2D eigenvalue weighted by atomic mass is 127. The average Bonchev–Trinajstić information content (AvgIpc) is 2.43. The highest BCUT2D eigenvalue weighted by Crippen LogP contribution is 2.22. The molecule has 0 aliphatic rings. The second kappa shape index (κ2) is 6.97. The summed E-state index contributed by atoms with van der Waals surface area (Å²) in [4.78, 5) is 13.4. The van der Waals surface area contributed by atoms with Crippen molar-refractivity contribution in [1.82, 2.24) is 15.0 Å². The van der Waals surface area contributed by atoms with Crippen molar-refractivity contribution in [1.29, 1.82) is 0 Å². The van der Waals surface area contributed by atoms with Crippen molar-refractivity contribution in [2.75, 3.05) is 12.4 Å². The standard InChI is InChI=1S/C15H19IN4/c1-10(2)8-12-14(16)15(17-3)20-13(19-12)9-11-4-6-18-7-5-11/h4-7,10H,8-9H2,1-3H3,(H,17,19,20). The van der Waals surface area contributed by atoms with E-state index in [1.807, 2.05) is 19.2 Å². The van der Waals surface area contributed by atoms with Crippen molar-refractivity contribution in [2.45, 2.75) is 26.7 Å². The van der Waals surface area contributed by atoms with Crippen molar-refractivity contribution in [3.63, 3.8) is 0 Å². The highest BCUT2D eigenvalue weighted by molar-refractivity contribution is 14.1. The van der Waals surface area contributed by atoms with E-state index in [4.69, 9.17) is 4.98 Å². The SMILES string of the molecule is CNc1nc(Cc2ccncc2)nc(CC(C)C)c1I. The van der Waals surface area contributed by atoms with E-state index in [1.165, 1.54) is 5.56 Å². The Morgan fingerprint density at radius 3 is 2.50 bits per heavy atom. The number of hydrogen-bond donors (Lipinski definition) is 1. The van der Waals surface area contributed by atoms with Gasteiger partial charge in [-0.05, 0) is 52.6 Å². The third-order valence-corrected chi connectivity index (χ3v) is 4.05. The predicted octanol–water partition coefficient (Wildman–Crippen LogP) is 3.31. The van der Waals surface area contributed by atoms with E-state index in [2.05, 4.69) is 51.7 Å². The predicted molar refractivity (Wildman–Crippen MR) is 89.9 cm³/mol. The van der Waals surface area contributed by atoms with Crippen LogP contribution >= 0.6 is 22.6 Å². The van der Waals surface area contributed by atoms with Gasteiger partial charge in [-0.25, -0.2) is 9.97 Å². The molecule has 106 valence electrons. The fraction of sp³-hybridized carbons (Fsp3) is 0.400. The molecule has 0 saturated carbocycles. The topological polar surface area (TPSA) is 50.7 Å². The third kappa shape index (κ3) is 3.88. The average molecular weight is 382 g/mol. The molecule has 2 aromatic rings. The van der Waals surface area contributed by atoms with Gasteiger partial charge in [-0.1, -0.05) is 13.8 Å². The summed E-state index contributed by atoms with van der Waals surface area (Å²) in [6.45, 7) is 4.42. The van der Waals surface area contributed by atoms with Gasteiger partial charge in [0.15, 0.2) is 0 Å². The van der Waals surface area contributed by atoms with Crippen LogP contribution in [-0.4, -0.2) is 22.0 Å². The zero-order valence-corrected chi connectivity index (χ0v) is 14.2. The van der Waals surface area contributed by atoms with Gasteiger partial charge < -0.3 is 5.32 Å². The van der Waals surface area contributed by atoms with Crippen LogP contribution in [0.15, 0.2) is 24.5 Å². The first-order chi connectivity index (χ1) is 9.60. The van der Waals surface area contributed by atoms with E-state index in [-0.39, 0.29) is 0 Å². The lowest BCUT2D eigenvalue weighted by atomic mass is 10.1. The Balaban J connectivity index is 2.33. The first-order valence-corrected chi connectivity index (χ1v) is 7.80. The minimum absolute atomic E-state index is 0.580. The summed E-state index contributed by atoms with van der Waals surface area (Å²) in [5.41, 5.74) is 2.31. The molecule has 0 spiro atoms. The number of hydrogen-bond acceptors (Lipinski definition) is 4. The summed E-state index contributed by atoms with van der Waals surface area (Å²) in [5, 5.41) is 3.16. The fourth-order valence-corrected chi connectivity index (χ4v) is 2.73. The van der Waals surface area contributed by atoms with Gasteiger partial charge in [-0.15, -0.1) is 0 Å². The summed E-state index contributed by atoms with van der Waals surface area (Å²) < 4.78 is 1.12. The lowest BCUT2D eigenvalue weighted by Crippen LogP contribution is -2.10. The molecule has 0 bridgehead atoms. The molecule has 20 heavy (non-hydrogen) atoms. The molecule has 0 saturated heterocycles. The molecular formula is C15H19IN4. The van der Waals surface area contributed by atoms with E-state index in [0.29, 0.717) is 5.92 Å². The van der Waals surface area contributed by atoms with Crippen LogP contribution in [0.3, 0.4) is 0 Å². The maximum absolute atomic E-state index is 4.74. The molecule has 0 amide bonds. The van der Waals surface area contributed by atoms with Gasteiger partial charge in [0.25, 0.3) is 0 Å². The molecule has 0 aliphatic heterocycles. The Bertz CT molecular complexity index is 570. The van der Waals surface area contributed by atoms with Crippen molar-refractivity contribution < 1.29 is 0 Å². The summed E-state index contributed by atoms with van der Waals surface area (Å²) in [5.74, 6) is 2.36. The molecular weight excluding hydrogens is 363 g/mol. The molecule has 0 radical (unpaired) electrons. The molecule has 0 aliphatic carbocycles. The van der Waals surface area contributed by atoms with Gasteiger partial charge in [-0.3, -0.25) is 4.98 Å². The summed E-state index contributed by atoms with van der Waals surface area (Å²) >= 11 is 2.32. The van der Waals surface area contributed by atoms with Gasteiger partial charge in [0.05, 0.1) is 9.26 Å². The molecule has 0 fully saturated rings. The Morgan fingerprint density at radius 2 is 1.90 bits per heavy atom. The Labute approximate surface area is 133 Å². The summed E-state index contributed by atoms with van der Waals surface area (Å²) in [7, 11) is 1.90. The smallest absolute Gasteiger partial charge is 0.143 e. The third-order valence-electron chi connectivity index (χ3n) is 2.92. The van der Waals surface area contributed by atoms with E-state index in [9.17, 15) is 0 Å². The fourth-order valence-electron chi connectivity index (χ4n) is 1.99. The van der Waals surface area contributed by atoms with Gasteiger partial charge in [0.1, 0.15) is 11.6 Å². The van der Waals surface area contributed by atoms with Gasteiger partial charge in [0, 0.05) is 25.9 Å². The van der Waals surface area contributed by atoms with E-state index < -0.39 is 0 Å². The summed E-state index contributed by atoms with van der Waals surface area (Å²) in [6.07, 6.45) is 5.31. The Kier molecular flexibility index (Phi) is 5.28. The summed E-state index contributed by atoms with van der Waals surface area (Å²) in [6, 6.07) is 4.00.